The molecule has 1 aromatic rings. The lowest BCUT2D eigenvalue weighted by molar-refractivity contribution is 0.0943. The van der Waals surface area contributed by atoms with Gasteiger partial charge in [-0.15, -0.1) is 0 Å². The van der Waals surface area contributed by atoms with Crippen LogP contribution in [0.5, 0.6) is 0 Å². The lowest BCUT2D eigenvalue weighted by Crippen LogP contribution is -2.33. The van der Waals surface area contributed by atoms with E-state index in [1.165, 1.54) is 30.6 Å². The van der Waals surface area contributed by atoms with Crippen LogP contribution in [0, 0.1) is 0 Å². The van der Waals surface area contributed by atoms with Crippen molar-refractivity contribution in [3.63, 3.8) is 0 Å². The van der Waals surface area contributed by atoms with E-state index in [1.807, 2.05) is 11.8 Å². The van der Waals surface area contributed by atoms with Gasteiger partial charge < -0.3 is 16.0 Å². The molecular formula is C14H22N4OS2. The maximum Gasteiger partial charge on any atom is 0.265 e. The molecule has 0 radical (unpaired) electrons. The fraction of sp³-hybridized carbons (Fsp3) is 0.714. The molecule has 3 N–H and O–H groups in total. The van der Waals surface area contributed by atoms with E-state index in [1.54, 1.807) is 0 Å². The van der Waals surface area contributed by atoms with Crippen molar-refractivity contribution in [3.8, 4) is 0 Å². The summed E-state index contributed by atoms with van der Waals surface area (Å²) in [4.78, 5) is 19.6. The molecule has 1 saturated heterocycles. The smallest absolute Gasteiger partial charge is 0.265 e. The predicted octanol–water partition coefficient (Wildman–Crippen LogP) is 2.34. The molecule has 21 heavy (non-hydrogen) atoms. The Kier molecular flexibility index (Phi) is 4.59. The average Bonchev–Trinajstić information content (AvgIpc) is 3.17. The highest BCUT2D eigenvalue weighted by atomic mass is 32.2. The molecule has 0 aromatic carbocycles. The maximum absolute atomic E-state index is 12.4. The molecule has 3 rings (SSSR count). The van der Waals surface area contributed by atoms with Gasteiger partial charge in [-0.3, -0.25) is 4.79 Å². The van der Waals surface area contributed by atoms with Gasteiger partial charge in [-0.25, -0.2) is 4.98 Å². The Bertz CT molecular complexity index is 513. The molecule has 0 bridgehead atoms. The van der Waals surface area contributed by atoms with E-state index >= 15 is 0 Å². The number of rotatable bonds is 4. The molecule has 2 fully saturated rings. The highest BCUT2D eigenvalue weighted by molar-refractivity contribution is 7.99. The van der Waals surface area contributed by atoms with Crippen molar-refractivity contribution >= 4 is 40.0 Å². The van der Waals surface area contributed by atoms with Crippen molar-refractivity contribution in [3.05, 3.63) is 4.88 Å². The number of nitrogen functional groups attached to an aromatic ring is 1. The molecule has 2 heterocycles. The molecule has 2 unspecified atom stereocenters. The zero-order chi connectivity index (χ0) is 14.8. The van der Waals surface area contributed by atoms with Gasteiger partial charge in [0.05, 0.1) is 0 Å². The van der Waals surface area contributed by atoms with Crippen molar-refractivity contribution in [1.82, 2.24) is 10.3 Å². The third-order valence-corrected chi connectivity index (χ3v) is 6.50. The molecule has 1 aromatic heterocycles. The molecule has 5 nitrogen and oxygen atoms in total. The zero-order valence-electron chi connectivity index (χ0n) is 12.3. The summed E-state index contributed by atoms with van der Waals surface area (Å²) in [6, 6.07) is 0.284. The Morgan fingerprint density at radius 1 is 1.43 bits per heavy atom. The van der Waals surface area contributed by atoms with Gasteiger partial charge in [-0.2, -0.15) is 11.8 Å². The molecule has 116 valence electrons. The van der Waals surface area contributed by atoms with Gasteiger partial charge in [0.25, 0.3) is 5.91 Å². The van der Waals surface area contributed by atoms with Crippen LogP contribution in [0.1, 0.15) is 41.8 Å². The van der Waals surface area contributed by atoms with E-state index in [0.29, 0.717) is 15.9 Å². The molecule has 1 aliphatic heterocycles. The van der Waals surface area contributed by atoms with Crippen LogP contribution in [0.4, 0.5) is 10.9 Å². The highest BCUT2D eigenvalue weighted by Crippen LogP contribution is 2.32. The monoisotopic (exact) mass is 326 g/mol. The molecule has 7 heteroatoms. The van der Waals surface area contributed by atoms with Gasteiger partial charge in [-0.1, -0.05) is 11.3 Å². The van der Waals surface area contributed by atoms with Crippen LogP contribution >= 0.6 is 23.1 Å². The van der Waals surface area contributed by atoms with E-state index in [0.717, 1.165) is 31.1 Å². The fourth-order valence-electron chi connectivity index (χ4n) is 3.06. The maximum atomic E-state index is 12.4. The van der Waals surface area contributed by atoms with E-state index in [4.69, 9.17) is 5.73 Å². The second-order valence-electron chi connectivity index (χ2n) is 5.75. The summed E-state index contributed by atoms with van der Waals surface area (Å²) in [6.07, 6.45) is 7.83. The summed E-state index contributed by atoms with van der Waals surface area (Å²) in [7, 11) is 0. The lowest BCUT2D eigenvalue weighted by atomic mass is 10.2. The molecule has 1 saturated carbocycles. The SMILES string of the molecule is CSC1CCC(NC(=O)c2sc(N3CCCC3)nc2N)C1. The summed E-state index contributed by atoms with van der Waals surface area (Å²) < 4.78 is 0. The number of thiazole rings is 1. The first kappa shape index (κ1) is 15.0. The Morgan fingerprint density at radius 3 is 2.86 bits per heavy atom. The number of carbonyl (C=O) groups is 1. The van der Waals surface area contributed by atoms with Gasteiger partial charge in [0, 0.05) is 24.4 Å². The third-order valence-electron chi connectivity index (χ3n) is 4.28. The number of amides is 1. The molecule has 2 atom stereocenters. The third kappa shape index (κ3) is 3.29. The van der Waals surface area contributed by atoms with Crippen LogP contribution in [0.15, 0.2) is 0 Å². The quantitative estimate of drug-likeness (QED) is 0.888. The molecule has 0 spiro atoms. The zero-order valence-corrected chi connectivity index (χ0v) is 13.9. The second-order valence-corrected chi connectivity index (χ2v) is 7.86. The van der Waals surface area contributed by atoms with Gasteiger partial charge in [0.15, 0.2) is 5.13 Å². The molecule has 2 aliphatic rings. The van der Waals surface area contributed by atoms with E-state index in [-0.39, 0.29) is 11.9 Å². The second kappa shape index (κ2) is 6.44. The molecule has 1 amide bonds. The first-order chi connectivity index (χ1) is 10.2. The number of nitrogens with one attached hydrogen (secondary N) is 1. The Balaban J connectivity index is 1.64. The van der Waals surface area contributed by atoms with Crippen LogP contribution in [0.25, 0.3) is 0 Å². The predicted molar refractivity (Wildman–Crippen MR) is 90.4 cm³/mol. The summed E-state index contributed by atoms with van der Waals surface area (Å²) >= 11 is 3.32. The van der Waals surface area contributed by atoms with Crippen molar-refractivity contribution in [2.45, 2.75) is 43.4 Å². The minimum absolute atomic E-state index is 0.0535. The number of thioether (sulfide) groups is 1. The number of nitrogens with zero attached hydrogens (tertiary/aromatic N) is 2. The number of hydrogen-bond acceptors (Lipinski definition) is 6. The highest BCUT2D eigenvalue weighted by Gasteiger charge is 2.27. The van der Waals surface area contributed by atoms with Crippen molar-refractivity contribution in [2.24, 2.45) is 0 Å². The number of aromatic nitrogens is 1. The number of nitrogens with two attached hydrogens (primary N) is 1. The van der Waals surface area contributed by atoms with E-state index < -0.39 is 0 Å². The van der Waals surface area contributed by atoms with Gasteiger partial charge in [-0.05, 0) is 38.4 Å². The van der Waals surface area contributed by atoms with Crippen LogP contribution in [0.2, 0.25) is 0 Å². The van der Waals surface area contributed by atoms with Crippen LogP contribution in [-0.2, 0) is 0 Å². The molecular weight excluding hydrogens is 304 g/mol. The van der Waals surface area contributed by atoms with Crippen LogP contribution in [0.3, 0.4) is 0 Å². The number of anilines is 2. The largest absolute Gasteiger partial charge is 0.382 e. The first-order valence-corrected chi connectivity index (χ1v) is 9.62. The number of hydrogen-bond donors (Lipinski definition) is 2. The van der Waals surface area contributed by atoms with Gasteiger partial charge in [0.1, 0.15) is 10.7 Å². The van der Waals surface area contributed by atoms with Crippen molar-refractivity contribution < 1.29 is 4.79 Å². The lowest BCUT2D eigenvalue weighted by Gasteiger charge is -2.12. The first-order valence-electron chi connectivity index (χ1n) is 7.52. The average molecular weight is 326 g/mol. The minimum atomic E-state index is -0.0535. The Morgan fingerprint density at radius 2 is 2.19 bits per heavy atom. The van der Waals surface area contributed by atoms with Crippen molar-refractivity contribution in [1.29, 1.82) is 0 Å². The molecule has 1 aliphatic carbocycles. The summed E-state index contributed by atoms with van der Waals surface area (Å²) in [6.45, 7) is 2.04. The van der Waals surface area contributed by atoms with Crippen molar-refractivity contribution in [2.75, 3.05) is 30.0 Å². The number of carbonyl (C=O) groups excluding carboxylic acids is 1. The fourth-order valence-corrected chi connectivity index (χ4v) is 4.80. The van der Waals surface area contributed by atoms with E-state index in [9.17, 15) is 4.79 Å². The summed E-state index contributed by atoms with van der Waals surface area (Å²) in [5.41, 5.74) is 5.95. The van der Waals surface area contributed by atoms with Gasteiger partial charge >= 0.3 is 0 Å². The summed E-state index contributed by atoms with van der Waals surface area (Å²) in [5, 5.41) is 4.69. The van der Waals surface area contributed by atoms with E-state index in [2.05, 4.69) is 21.5 Å². The topological polar surface area (TPSA) is 71.2 Å². The Labute approximate surface area is 133 Å². The minimum Gasteiger partial charge on any atom is -0.382 e. The Hall–Kier alpha value is -0.950. The standard InChI is InChI=1S/C14H22N4OS2/c1-20-10-5-4-9(8-10)16-13(19)11-12(15)17-14(21-11)18-6-2-3-7-18/h9-10H,2-8,15H2,1H3,(H,16,19). The normalized spacial score (nSPS) is 25.5. The van der Waals surface area contributed by atoms with Crippen LogP contribution in [-0.4, -0.2) is 41.5 Å². The van der Waals surface area contributed by atoms with Crippen LogP contribution < -0.4 is 16.0 Å². The summed E-state index contributed by atoms with van der Waals surface area (Å²) in [5.74, 6) is 0.320. The van der Waals surface area contributed by atoms with Gasteiger partial charge in [0.2, 0.25) is 0 Å².